The molecule has 0 fully saturated rings. The second kappa shape index (κ2) is 23.1. The van der Waals surface area contributed by atoms with Gasteiger partial charge >= 0.3 is 18.9 Å². The number of carboxylic acids is 1. The van der Waals surface area contributed by atoms with Crippen LogP contribution in [0.5, 0.6) is 0 Å². The van der Waals surface area contributed by atoms with Crippen molar-refractivity contribution in [2.45, 2.75) is 117 Å². The molecule has 3 nitrogen and oxygen atoms in total. The predicted octanol–water partition coefficient (Wildman–Crippen LogP) is 2.32. The van der Waals surface area contributed by atoms with Crippen molar-refractivity contribution in [1.82, 2.24) is 4.90 Å². The van der Waals surface area contributed by atoms with Crippen molar-refractivity contribution < 1.29 is 28.8 Å². The SMILES string of the molecule is CCCCCCCCN(CCCCCCCC)CCCCCC(=O)[O-].[Li+]. The Bertz CT molecular complexity index is 271. The van der Waals surface area contributed by atoms with E-state index in [1.54, 1.807) is 0 Å². The van der Waals surface area contributed by atoms with Crippen molar-refractivity contribution in [2.24, 2.45) is 0 Å². The van der Waals surface area contributed by atoms with Gasteiger partial charge in [-0.2, -0.15) is 0 Å². The van der Waals surface area contributed by atoms with Crippen LogP contribution in [0.2, 0.25) is 0 Å². The van der Waals surface area contributed by atoms with Gasteiger partial charge in [-0.1, -0.05) is 84.5 Å². The van der Waals surface area contributed by atoms with Crippen molar-refractivity contribution in [1.29, 1.82) is 0 Å². The van der Waals surface area contributed by atoms with Gasteiger partial charge in [-0.3, -0.25) is 0 Å². The summed E-state index contributed by atoms with van der Waals surface area (Å²) in [6.07, 6.45) is 19.4. The molecule has 0 aliphatic rings. The number of aliphatic carboxylic acids is 1. The Morgan fingerprint density at radius 1 is 0.615 bits per heavy atom. The van der Waals surface area contributed by atoms with Crippen LogP contribution in [-0.4, -0.2) is 30.5 Å². The third-order valence-corrected chi connectivity index (χ3v) is 5.01. The molecule has 0 aromatic rings. The van der Waals surface area contributed by atoms with Crippen molar-refractivity contribution >= 4 is 5.97 Å². The maximum absolute atomic E-state index is 10.5. The zero-order valence-electron chi connectivity index (χ0n) is 18.2. The summed E-state index contributed by atoms with van der Waals surface area (Å²) in [7, 11) is 0. The number of rotatable bonds is 20. The van der Waals surface area contributed by atoms with Crippen LogP contribution in [0.4, 0.5) is 0 Å². The maximum Gasteiger partial charge on any atom is 1.00 e. The number of carbonyl (C=O) groups excluding carboxylic acids is 1. The van der Waals surface area contributed by atoms with Crippen molar-refractivity contribution in [2.75, 3.05) is 19.6 Å². The number of carbonyl (C=O) groups is 1. The molecule has 0 radical (unpaired) electrons. The van der Waals surface area contributed by atoms with Crippen molar-refractivity contribution in [3.8, 4) is 0 Å². The molecule has 0 bridgehead atoms. The first-order valence-electron chi connectivity index (χ1n) is 11.1. The van der Waals surface area contributed by atoms with Gasteiger partial charge in [-0.15, -0.1) is 0 Å². The quantitative estimate of drug-likeness (QED) is 0.247. The van der Waals surface area contributed by atoms with Crippen molar-refractivity contribution in [3.05, 3.63) is 0 Å². The zero-order chi connectivity index (χ0) is 18.6. The van der Waals surface area contributed by atoms with Crippen LogP contribution in [-0.2, 0) is 4.79 Å². The smallest absolute Gasteiger partial charge is 0.550 e. The van der Waals surface area contributed by atoms with E-state index in [0.717, 1.165) is 25.8 Å². The van der Waals surface area contributed by atoms with Gasteiger partial charge in [-0.25, -0.2) is 0 Å². The Labute approximate surface area is 175 Å². The summed E-state index contributed by atoms with van der Waals surface area (Å²) >= 11 is 0. The van der Waals surface area contributed by atoms with Gasteiger partial charge in [0.15, 0.2) is 0 Å². The average Bonchev–Trinajstić information content (AvgIpc) is 2.59. The van der Waals surface area contributed by atoms with E-state index >= 15 is 0 Å². The van der Waals surface area contributed by atoms with Gasteiger partial charge in [-0.05, 0) is 51.7 Å². The molecule has 0 aromatic heterocycles. The molecule has 0 amide bonds. The van der Waals surface area contributed by atoms with Crippen LogP contribution in [0.15, 0.2) is 0 Å². The predicted molar refractivity (Wildman–Crippen MR) is 107 cm³/mol. The Hall–Kier alpha value is 0.0274. The number of unbranched alkanes of at least 4 members (excludes halogenated alkanes) is 12. The zero-order valence-corrected chi connectivity index (χ0v) is 18.2. The standard InChI is InChI=1S/C22H45NO2.Li/c1-3-5-7-9-11-15-19-23(20-16-12-10-8-6-4-2)21-17-13-14-18-22(24)25;/h3-21H2,1-2H3,(H,24,25);/q;+1/p-1. The molecule has 0 aliphatic heterocycles. The molecule has 150 valence electrons. The Kier molecular flexibility index (Phi) is 25.1. The molecule has 0 aliphatic carbocycles. The molecule has 0 aromatic carbocycles. The second-order valence-corrected chi connectivity index (χ2v) is 7.56. The first kappa shape index (κ1) is 28.2. The summed E-state index contributed by atoms with van der Waals surface area (Å²) in [5, 5.41) is 10.5. The van der Waals surface area contributed by atoms with E-state index in [1.165, 1.54) is 90.1 Å². The van der Waals surface area contributed by atoms with Crippen LogP contribution >= 0.6 is 0 Å². The number of hydrogen-bond donors (Lipinski definition) is 0. The fourth-order valence-corrected chi connectivity index (χ4v) is 3.35. The van der Waals surface area contributed by atoms with E-state index in [0.29, 0.717) is 0 Å². The summed E-state index contributed by atoms with van der Waals surface area (Å²) < 4.78 is 0. The molecule has 0 N–H and O–H groups in total. The molecular formula is C22H44LiNO2. The van der Waals surface area contributed by atoms with Crippen LogP contribution in [0.25, 0.3) is 0 Å². The van der Waals surface area contributed by atoms with E-state index in [1.807, 2.05) is 0 Å². The molecule has 4 heteroatoms. The van der Waals surface area contributed by atoms with Crippen LogP contribution in [0.3, 0.4) is 0 Å². The molecular weight excluding hydrogens is 317 g/mol. The Balaban J connectivity index is 0. The van der Waals surface area contributed by atoms with Gasteiger partial charge in [0.2, 0.25) is 0 Å². The Morgan fingerprint density at radius 2 is 0.962 bits per heavy atom. The normalized spacial score (nSPS) is 10.9. The number of nitrogens with zero attached hydrogens (tertiary/aromatic N) is 1. The first-order chi connectivity index (χ1) is 12.2. The van der Waals surface area contributed by atoms with Crippen LogP contribution in [0, 0.1) is 0 Å². The fourth-order valence-electron chi connectivity index (χ4n) is 3.35. The van der Waals surface area contributed by atoms with Crippen LogP contribution in [0.1, 0.15) is 117 Å². The maximum atomic E-state index is 10.5. The van der Waals surface area contributed by atoms with Gasteiger partial charge in [0.05, 0.1) is 0 Å². The molecule has 0 unspecified atom stereocenters. The average molecular weight is 362 g/mol. The summed E-state index contributed by atoms with van der Waals surface area (Å²) in [5.74, 6) is -0.906. The van der Waals surface area contributed by atoms with Gasteiger partial charge in [0, 0.05) is 5.97 Å². The minimum Gasteiger partial charge on any atom is -0.550 e. The molecule has 0 spiro atoms. The van der Waals surface area contributed by atoms with Crippen molar-refractivity contribution in [3.63, 3.8) is 0 Å². The summed E-state index contributed by atoms with van der Waals surface area (Å²) in [6, 6.07) is 0. The summed E-state index contributed by atoms with van der Waals surface area (Å²) in [5.41, 5.74) is 0. The van der Waals surface area contributed by atoms with Gasteiger partial charge < -0.3 is 14.8 Å². The number of hydrogen-bond acceptors (Lipinski definition) is 3. The molecule has 0 rings (SSSR count). The molecule has 0 saturated heterocycles. The summed E-state index contributed by atoms with van der Waals surface area (Å²) in [4.78, 5) is 13.1. The monoisotopic (exact) mass is 361 g/mol. The third kappa shape index (κ3) is 22.1. The van der Waals surface area contributed by atoms with Gasteiger partial charge in [0.1, 0.15) is 0 Å². The van der Waals surface area contributed by atoms with E-state index < -0.39 is 5.97 Å². The van der Waals surface area contributed by atoms with Gasteiger partial charge in [0.25, 0.3) is 0 Å². The molecule has 26 heavy (non-hydrogen) atoms. The molecule has 0 saturated carbocycles. The Morgan fingerprint density at radius 3 is 1.35 bits per heavy atom. The van der Waals surface area contributed by atoms with E-state index in [-0.39, 0.29) is 25.3 Å². The van der Waals surface area contributed by atoms with E-state index in [9.17, 15) is 9.90 Å². The van der Waals surface area contributed by atoms with E-state index in [2.05, 4.69) is 18.7 Å². The minimum atomic E-state index is -0.906. The molecule has 0 atom stereocenters. The third-order valence-electron chi connectivity index (χ3n) is 5.01. The fraction of sp³-hybridized carbons (Fsp3) is 0.955. The number of carboxylic acid groups (broad SMARTS) is 1. The topological polar surface area (TPSA) is 43.4 Å². The first-order valence-corrected chi connectivity index (χ1v) is 11.1. The molecule has 0 heterocycles. The largest absolute Gasteiger partial charge is 1.00 e. The minimum absolute atomic E-state index is 0. The summed E-state index contributed by atoms with van der Waals surface area (Å²) in [6.45, 7) is 8.12. The van der Waals surface area contributed by atoms with E-state index in [4.69, 9.17) is 0 Å². The van der Waals surface area contributed by atoms with Crippen LogP contribution < -0.4 is 24.0 Å². The second-order valence-electron chi connectivity index (χ2n) is 7.56.